The smallest absolute Gasteiger partial charge is 0.406 e. The zero-order chi connectivity index (χ0) is 18.4. The van der Waals surface area contributed by atoms with Crippen LogP contribution in [0.4, 0.5) is 37.7 Å². The number of nitrogen functional groups attached to an aromatic ring is 2. The van der Waals surface area contributed by atoms with Crippen molar-refractivity contribution in [1.82, 2.24) is 0 Å². The van der Waals surface area contributed by atoms with Gasteiger partial charge in [-0.25, -0.2) is 0 Å². The molecule has 0 heterocycles. The van der Waals surface area contributed by atoms with Gasteiger partial charge in [0.2, 0.25) is 0 Å². The van der Waals surface area contributed by atoms with Crippen LogP contribution in [0.2, 0.25) is 0 Å². The highest BCUT2D eigenvalue weighted by molar-refractivity contribution is 5.43. The zero-order valence-electron chi connectivity index (χ0n) is 11.9. The molecule has 132 valence electrons. The summed E-state index contributed by atoms with van der Waals surface area (Å²) < 4.78 is 76.8. The van der Waals surface area contributed by atoms with Crippen LogP contribution in [-0.2, 0) is 0 Å². The lowest BCUT2D eigenvalue weighted by atomic mass is 10.3. The lowest BCUT2D eigenvalue weighted by molar-refractivity contribution is -0.275. The van der Waals surface area contributed by atoms with Gasteiger partial charge in [0, 0.05) is 17.4 Å². The molecular weight excluding hydrogens is 342 g/mol. The van der Waals surface area contributed by atoms with Gasteiger partial charge in [0.1, 0.15) is 11.5 Å². The van der Waals surface area contributed by atoms with E-state index in [9.17, 15) is 26.3 Å². The van der Waals surface area contributed by atoms with Crippen molar-refractivity contribution in [2.45, 2.75) is 12.7 Å². The van der Waals surface area contributed by atoms with E-state index in [1.807, 2.05) is 0 Å². The largest absolute Gasteiger partial charge is 0.573 e. The molecule has 0 bridgehead atoms. The van der Waals surface area contributed by atoms with Crippen LogP contribution < -0.4 is 20.9 Å². The first kappa shape index (κ1) is 19.3. The fraction of sp³-hybridized carbons (Fsp3) is 0.143. The normalized spacial score (nSPS) is 11.2. The second-order valence-electron chi connectivity index (χ2n) is 4.24. The third-order valence-electron chi connectivity index (χ3n) is 2.21. The van der Waals surface area contributed by atoms with Gasteiger partial charge in [-0.05, 0) is 36.4 Å². The summed E-state index contributed by atoms with van der Waals surface area (Å²) in [6.07, 6.45) is -9.30. The average molecular weight is 354 g/mol. The van der Waals surface area contributed by atoms with E-state index in [2.05, 4.69) is 9.47 Å². The summed E-state index contributed by atoms with van der Waals surface area (Å²) in [5.74, 6) is -0.570. The minimum atomic E-state index is -4.66. The molecule has 0 unspecified atom stereocenters. The van der Waals surface area contributed by atoms with Crippen molar-refractivity contribution < 1.29 is 35.8 Å². The Morgan fingerprint density at radius 1 is 0.625 bits per heavy atom. The number of hydrogen-bond acceptors (Lipinski definition) is 4. The van der Waals surface area contributed by atoms with E-state index in [0.717, 1.165) is 18.2 Å². The molecule has 0 aliphatic carbocycles. The van der Waals surface area contributed by atoms with E-state index in [1.54, 1.807) is 0 Å². The van der Waals surface area contributed by atoms with Gasteiger partial charge in [0.05, 0.1) is 0 Å². The lowest BCUT2D eigenvalue weighted by Gasteiger charge is -2.08. The van der Waals surface area contributed by atoms with Crippen molar-refractivity contribution in [3.8, 4) is 11.5 Å². The molecule has 24 heavy (non-hydrogen) atoms. The molecule has 10 heteroatoms. The minimum Gasteiger partial charge on any atom is -0.406 e. The van der Waals surface area contributed by atoms with Gasteiger partial charge in [0.15, 0.2) is 0 Å². The highest BCUT2D eigenvalue weighted by Gasteiger charge is 2.31. The summed E-state index contributed by atoms with van der Waals surface area (Å²) in [6.45, 7) is 0. The van der Waals surface area contributed by atoms with Gasteiger partial charge in [-0.2, -0.15) is 0 Å². The van der Waals surface area contributed by atoms with Crippen molar-refractivity contribution in [2.75, 3.05) is 11.5 Å². The van der Waals surface area contributed by atoms with Gasteiger partial charge >= 0.3 is 12.7 Å². The zero-order valence-corrected chi connectivity index (χ0v) is 11.9. The van der Waals surface area contributed by atoms with Crippen LogP contribution in [0.5, 0.6) is 11.5 Å². The Morgan fingerprint density at radius 2 is 1.12 bits per heavy atom. The first-order valence-electron chi connectivity index (χ1n) is 6.17. The molecule has 0 amide bonds. The van der Waals surface area contributed by atoms with Crippen LogP contribution in [0.25, 0.3) is 0 Å². The topological polar surface area (TPSA) is 70.5 Å². The Hall–Kier alpha value is -2.78. The fourth-order valence-corrected chi connectivity index (χ4v) is 1.38. The number of anilines is 2. The van der Waals surface area contributed by atoms with Crippen LogP contribution in [0, 0.1) is 0 Å². The number of alkyl halides is 6. The van der Waals surface area contributed by atoms with Gasteiger partial charge < -0.3 is 20.9 Å². The number of hydrogen-bond donors (Lipinski definition) is 2. The van der Waals surface area contributed by atoms with Gasteiger partial charge in [-0.3, -0.25) is 0 Å². The quantitative estimate of drug-likeness (QED) is 0.622. The number of halogens is 6. The van der Waals surface area contributed by atoms with E-state index in [-0.39, 0.29) is 17.2 Å². The molecule has 4 N–H and O–H groups in total. The highest BCUT2D eigenvalue weighted by atomic mass is 19.4. The summed E-state index contributed by atoms with van der Waals surface area (Å²) in [6, 6.07) is 10.1. The maximum absolute atomic E-state index is 11.6. The van der Waals surface area contributed by atoms with E-state index in [0.29, 0.717) is 5.69 Å². The molecular formula is C14H12F6N2O2. The van der Waals surface area contributed by atoms with Gasteiger partial charge in [-0.15, -0.1) is 26.3 Å². The molecule has 0 radical (unpaired) electrons. The Balaban J connectivity index is 0.000000240. The second-order valence-corrected chi connectivity index (χ2v) is 4.24. The van der Waals surface area contributed by atoms with Crippen molar-refractivity contribution in [3.05, 3.63) is 48.5 Å². The average Bonchev–Trinajstić information content (AvgIpc) is 2.39. The van der Waals surface area contributed by atoms with Gasteiger partial charge in [-0.1, -0.05) is 6.07 Å². The first-order chi connectivity index (χ1) is 10.9. The van der Waals surface area contributed by atoms with Crippen molar-refractivity contribution in [2.24, 2.45) is 0 Å². The number of benzene rings is 2. The molecule has 0 aromatic heterocycles. The summed E-state index contributed by atoms with van der Waals surface area (Å²) in [4.78, 5) is 0. The van der Waals surface area contributed by atoms with E-state index in [1.165, 1.54) is 30.3 Å². The lowest BCUT2D eigenvalue weighted by Crippen LogP contribution is -2.17. The van der Waals surface area contributed by atoms with Crippen LogP contribution in [0.3, 0.4) is 0 Å². The first-order valence-corrected chi connectivity index (χ1v) is 6.17. The van der Waals surface area contributed by atoms with E-state index >= 15 is 0 Å². The Morgan fingerprint density at radius 3 is 1.58 bits per heavy atom. The van der Waals surface area contributed by atoms with E-state index < -0.39 is 12.7 Å². The number of nitrogens with two attached hydrogens (primary N) is 2. The van der Waals surface area contributed by atoms with Crippen molar-refractivity contribution in [3.63, 3.8) is 0 Å². The minimum absolute atomic E-state index is 0.233. The standard InChI is InChI=1S/2C7H6F3NO/c8-7(9,10)12-6-3-1-5(11)2-4-6;8-7(9,10)12-6-3-1-2-5(11)4-6/h2*1-4H,11H2. The predicted octanol–water partition coefficient (Wildman–Crippen LogP) is 4.33. The molecule has 0 aliphatic heterocycles. The van der Waals surface area contributed by atoms with Crippen LogP contribution in [0.1, 0.15) is 0 Å². The van der Waals surface area contributed by atoms with Gasteiger partial charge in [0.25, 0.3) is 0 Å². The Kier molecular flexibility index (Phi) is 6.15. The molecule has 2 rings (SSSR count). The molecule has 0 aliphatic rings. The van der Waals surface area contributed by atoms with Crippen LogP contribution in [0.15, 0.2) is 48.5 Å². The molecule has 4 nitrogen and oxygen atoms in total. The summed E-state index contributed by atoms with van der Waals surface area (Å²) in [5, 5.41) is 0. The molecule has 0 spiro atoms. The highest BCUT2D eigenvalue weighted by Crippen LogP contribution is 2.24. The third kappa shape index (κ3) is 8.61. The fourth-order valence-electron chi connectivity index (χ4n) is 1.38. The Bertz CT molecular complexity index is 641. The molecule has 2 aromatic rings. The van der Waals surface area contributed by atoms with Crippen molar-refractivity contribution in [1.29, 1.82) is 0 Å². The molecule has 2 aromatic carbocycles. The molecule has 0 fully saturated rings. The summed E-state index contributed by atoms with van der Waals surface area (Å²) in [5.41, 5.74) is 11.1. The van der Waals surface area contributed by atoms with Crippen molar-refractivity contribution >= 4 is 11.4 Å². The molecule has 0 saturated carbocycles. The monoisotopic (exact) mass is 354 g/mol. The van der Waals surface area contributed by atoms with Crippen LogP contribution in [-0.4, -0.2) is 12.7 Å². The SMILES string of the molecule is Nc1ccc(OC(F)(F)F)cc1.Nc1cccc(OC(F)(F)F)c1. The number of ether oxygens (including phenoxy) is 2. The second kappa shape index (κ2) is 7.66. The predicted molar refractivity (Wildman–Crippen MR) is 75.1 cm³/mol. The van der Waals surface area contributed by atoms with Crippen LogP contribution >= 0.6 is 0 Å². The maximum atomic E-state index is 11.6. The van der Waals surface area contributed by atoms with E-state index in [4.69, 9.17) is 11.5 Å². The Labute approximate surface area is 132 Å². The molecule has 0 saturated heterocycles. The molecule has 0 atom stereocenters. The summed E-state index contributed by atoms with van der Waals surface area (Å²) in [7, 11) is 0. The maximum Gasteiger partial charge on any atom is 0.573 e. The number of rotatable bonds is 2. The summed E-state index contributed by atoms with van der Waals surface area (Å²) >= 11 is 0. The third-order valence-corrected chi connectivity index (χ3v) is 2.21.